The van der Waals surface area contributed by atoms with Crippen LogP contribution in [0.5, 0.6) is 0 Å². The van der Waals surface area contributed by atoms with Crippen LogP contribution in [0.25, 0.3) is 0 Å². The second kappa shape index (κ2) is 5.69. The van der Waals surface area contributed by atoms with E-state index in [4.69, 9.17) is 17.3 Å². The fourth-order valence-corrected chi connectivity index (χ4v) is 4.76. The maximum atomic E-state index is 12.1. The molecule has 1 saturated heterocycles. The Bertz CT molecular complexity index is 528. The molecule has 0 saturated carbocycles. The monoisotopic (exact) mass is 306 g/mol. The van der Waals surface area contributed by atoms with E-state index in [9.17, 15) is 8.42 Å². The first kappa shape index (κ1) is 14.0. The van der Waals surface area contributed by atoms with Crippen LogP contribution in [0, 0.1) is 0 Å². The van der Waals surface area contributed by atoms with Gasteiger partial charge >= 0.3 is 0 Å². The molecule has 0 bridgehead atoms. The lowest BCUT2D eigenvalue weighted by Crippen LogP contribution is -2.30. The number of hydrogen-bond donors (Lipinski definition) is 2. The zero-order valence-corrected chi connectivity index (χ0v) is 12.1. The fourth-order valence-electron chi connectivity index (χ4n) is 1.82. The summed E-state index contributed by atoms with van der Waals surface area (Å²) in [6.07, 6.45) is 2.21. The quantitative estimate of drug-likeness (QED) is 0.836. The fraction of sp³-hybridized carbons (Fsp3) is 0.455. The molecule has 1 unspecified atom stereocenters. The van der Waals surface area contributed by atoms with Gasteiger partial charge in [0.25, 0.3) is 0 Å². The molecule has 1 fully saturated rings. The van der Waals surface area contributed by atoms with E-state index in [1.165, 1.54) is 18.2 Å². The van der Waals surface area contributed by atoms with Crippen LogP contribution in [0.15, 0.2) is 23.1 Å². The maximum Gasteiger partial charge on any atom is 0.242 e. The van der Waals surface area contributed by atoms with Crippen molar-refractivity contribution in [1.29, 1.82) is 0 Å². The summed E-state index contributed by atoms with van der Waals surface area (Å²) < 4.78 is 26.8. The van der Waals surface area contributed by atoms with Gasteiger partial charge in [0, 0.05) is 17.5 Å². The molecular weight excluding hydrogens is 292 g/mol. The summed E-state index contributed by atoms with van der Waals surface area (Å²) in [6, 6.07) is 4.41. The van der Waals surface area contributed by atoms with Crippen LogP contribution in [0.4, 0.5) is 5.69 Å². The van der Waals surface area contributed by atoms with Crippen molar-refractivity contribution in [3.05, 3.63) is 23.2 Å². The number of rotatable bonds is 4. The summed E-state index contributed by atoms with van der Waals surface area (Å²) in [7, 11) is -3.55. The van der Waals surface area contributed by atoms with Crippen LogP contribution in [0.2, 0.25) is 5.02 Å². The number of nitrogens with one attached hydrogen (secondary N) is 1. The maximum absolute atomic E-state index is 12.1. The summed E-state index contributed by atoms with van der Waals surface area (Å²) in [6.45, 7) is 0.452. The summed E-state index contributed by atoms with van der Waals surface area (Å²) in [5.74, 6) is 1.11. The van der Waals surface area contributed by atoms with Crippen molar-refractivity contribution in [3.63, 3.8) is 0 Å². The summed E-state index contributed by atoms with van der Waals surface area (Å²) in [5, 5.41) is 0.522. The Morgan fingerprint density at radius 1 is 1.50 bits per heavy atom. The Kier molecular flexibility index (Phi) is 4.42. The molecule has 1 heterocycles. The third-order valence-electron chi connectivity index (χ3n) is 2.77. The molecule has 0 amide bonds. The first-order valence-electron chi connectivity index (χ1n) is 5.65. The average molecular weight is 307 g/mol. The SMILES string of the molecule is Nc1ccc(S(=O)(=O)NCC2CCCS2)c(Cl)c1. The van der Waals surface area contributed by atoms with Gasteiger partial charge in [-0.05, 0) is 36.8 Å². The van der Waals surface area contributed by atoms with Gasteiger partial charge in [-0.1, -0.05) is 11.6 Å². The van der Waals surface area contributed by atoms with Gasteiger partial charge in [-0.25, -0.2) is 13.1 Å². The molecule has 2 rings (SSSR count). The van der Waals surface area contributed by atoms with Crippen molar-refractivity contribution in [1.82, 2.24) is 4.72 Å². The molecule has 1 atom stereocenters. The van der Waals surface area contributed by atoms with Gasteiger partial charge in [0.1, 0.15) is 4.90 Å². The number of thioether (sulfide) groups is 1. The third-order valence-corrected chi connectivity index (χ3v) is 6.08. The third kappa shape index (κ3) is 3.32. The first-order chi connectivity index (χ1) is 8.49. The second-order valence-electron chi connectivity index (χ2n) is 4.18. The molecule has 0 spiro atoms. The summed E-state index contributed by atoms with van der Waals surface area (Å²) >= 11 is 7.71. The Morgan fingerprint density at radius 3 is 2.89 bits per heavy atom. The molecule has 18 heavy (non-hydrogen) atoms. The predicted octanol–water partition coefficient (Wildman–Crippen LogP) is 2.10. The van der Waals surface area contributed by atoms with Crippen LogP contribution in [0.1, 0.15) is 12.8 Å². The lowest BCUT2D eigenvalue weighted by molar-refractivity contribution is 0.579. The Balaban J connectivity index is 2.09. The number of anilines is 1. The number of nitrogen functional groups attached to an aromatic ring is 1. The van der Waals surface area contributed by atoms with Gasteiger partial charge < -0.3 is 5.73 Å². The Hall–Kier alpha value is -0.430. The Morgan fingerprint density at radius 2 is 2.28 bits per heavy atom. The van der Waals surface area contributed by atoms with E-state index in [2.05, 4.69) is 4.72 Å². The lowest BCUT2D eigenvalue weighted by atomic mass is 10.2. The van der Waals surface area contributed by atoms with Crippen LogP contribution in [-0.4, -0.2) is 26.0 Å². The molecular formula is C11H15ClN2O2S2. The van der Waals surface area contributed by atoms with E-state index in [1.807, 2.05) is 0 Å². The zero-order valence-electron chi connectivity index (χ0n) is 9.73. The Labute approximate surface area is 116 Å². The smallest absolute Gasteiger partial charge is 0.242 e. The van der Waals surface area contributed by atoms with E-state index in [0.717, 1.165) is 18.6 Å². The summed E-state index contributed by atoms with van der Waals surface area (Å²) in [4.78, 5) is 0.0846. The minimum Gasteiger partial charge on any atom is -0.399 e. The highest BCUT2D eigenvalue weighted by molar-refractivity contribution is 8.00. The van der Waals surface area contributed by atoms with Gasteiger partial charge in [-0.15, -0.1) is 0 Å². The molecule has 3 N–H and O–H groups in total. The number of sulfonamides is 1. The number of hydrogen-bond acceptors (Lipinski definition) is 4. The second-order valence-corrected chi connectivity index (χ2v) is 7.73. The minimum atomic E-state index is -3.55. The van der Waals surface area contributed by atoms with Gasteiger partial charge in [-0.3, -0.25) is 0 Å². The van der Waals surface area contributed by atoms with E-state index in [0.29, 0.717) is 17.5 Å². The molecule has 1 aromatic carbocycles. The van der Waals surface area contributed by atoms with Crippen molar-refractivity contribution < 1.29 is 8.42 Å². The van der Waals surface area contributed by atoms with E-state index < -0.39 is 10.0 Å². The molecule has 0 aliphatic carbocycles. The number of nitrogens with two attached hydrogens (primary N) is 1. The standard InChI is InChI=1S/C11H15ClN2O2S2/c12-10-6-8(13)3-4-11(10)18(15,16)14-7-9-2-1-5-17-9/h3-4,6,9,14H,1-2,5,7,13H2. The minimum absolute atomic E-state index is 0.0846. The number of halogens is 1. The molecule has 1 aromatic rings. The molecule has 4 nitrogen and oxygen atoms in total. The van der Waals surface area contributed by atoms with Crippen molar-refractivity contribution >= 4 is 39.1 Å². The normalized spacial score (nSPS) is 20.2. The molecule has 0 radical (unpaired) electrons. The molecule has 100 valence electrons. The van der Waals surface area contributed by atoms with Gasteiger partial charge in [0.05, 0.1) is 5.02 Å². The molecule has 7 heteroatoms. The van der Waals surface area contributed by atoms with Crippen molar-refractivity contribution in [2.45, 2.75) is 23.0 Å². The van der Waals surface area contributed by atoms with Crippen LogP contribution < -0.4 is 10.5 Å². The van der Waals surface area contributed by atoms with Gasteiger partial charge in [-0.2, -0.15) is 11.8 Å². The highest BCUT2D eigenvalue weighted by Gasteiger charge is 2.21. The predicted molar refractivity (Wildman–Crippen MR) is 76.5 cm³/mol. The molecule has 1 aliphatic rings. The largest absolute Gasteiger partial charge is 0.399 e. The van der Waals surface area contributed by atoms with Crippen LogP contribution in [0.3, 0.4) is 0 Å². The first-order valence-corrected chi connectivity index (χ1v) is 8.56. The van der Waals surface area contributed by atoms with Crippen molar-refractivity contribution in [3.8, 4) is 0 Å². The van der Waals surface area contributed by atoms with Crippen molar-refractivity contribution in [2.75, 3.05) is 18.0 Å². The zero-order chi connectivity index (χ0) is 13.2. The lowest BCUT2D eigenvalue weighted by Gasteiger charge is -2.12. The average Bonchev–Trinajstić information content (AvgIpc) is 2.78. The topological polar surface area (TPSA) is 72.2 Å². The van der Waals surface area contributed by atoms with E-state index in [-0.39, 0.29) is 9.92 Å². The van der Waals surface area contributed by atoms with Crippen LogP contribution >= 0.6 is 23.4 Å². The highest BCUT2D eigenvalue weighted by Crippen LogP contribution is 2.27. The van der Waals surface area contributed by atoms with Gasteiger partial charge in [0.2, 0.25) is 10.0 Å². The van der Waals surface area contributed by atoms with Crippen molar-refractivity contribution in [2.24, 2.45) is 0 Å². The number of benzene rings is 1. The highest BCUT2D eigenvalue weighted by atomic mass is 35.5. The van der Waals surface area contributed by atoms with E-state index >= 15 is 0 Å². The molecule has 1 aliphatic heterocycles. The van der Waals surface area contributed by atoms with E-state index in [1.54, 1.807) is 11.8 Å². The van der Waals surface area contributed by atoms with Crippen LogP contribution in [-0.2, 0) is 10.0 Å². The van der Waals surface area contributed by atoms with Gasteiger partial charge in [0.15, 0.2) is 0 Å². The molecule has 0 aromatic heterocycles. The summed E-state index contributed by atoms with van der Waals surface area (Å²) in [5.41, 5.74) is 5.99.